The van der Waals surface area contributed by atoms with E-state index in [-0.39, 0.29) is 0 Å². The second-order valence-corrected chi connectivity index (χ2v) is 4.95. The molecule has 1 nitrogen and oxygen atoms in total. The smallest absolute Gasteiger partial charge is 0.0509 e. The second-order valence-electron chi connectivity index (χ2n) is 2.90. The number of thioether (sulfide) groups is 1. The molecule has 0 radical (unpaired) electrons. The first-order valence-corrected chi connectivity index (χ1v) is 3.89. The van der Waals surface area contributed by atoms with Gasteiger partial charge in [-0.25, -0.2) is 0 Å². The molecule has 0 aromatic rings. The van der Waals surface area contributed by atoms with Gasteiger partial charge in [0.05, 0.1) is 5.37 Å². The van der Waals surface area contributed by atoms with Crippen molar-refractivity contribution in [1.29, 1.82) is 0 Å². The number of rotatable bonds is 0. The van der Waals surface area contributed by atoms with Crippen molar-refractivity contribution in [3.05, 3.63) is 0 Å². The first-order valence-electron chi connectivity index (χ1n) is 3.01. The molecule has 0 aliphatic carbocycles. The van der Waals surface area contributed by atoms with Crippen LogP contribution < -0.4 is 5.32 Å². The first kappa shape index (κ1) is 6.43. The lowest BCUT2D eigenvalue weighted by atomic mass is 10.2. The van der Waals surface area contributed by atoms with E-state index in [1.165, 1.54) is 0 Å². The standard InChI is InChI=1S/C6H13NS/c1-5-7-4-6(2,3)8-5/h5,7H,4H2,1-3H3/t5-/m1/s1. The van der Waals surface area contributed by atoms with E-state index in [2.05, 4.69) is 26.1 Å². The summed E-state index contributed by atoms with van der Waals surface area (Å²) in [7, 11) is 0. The van der Waals surface area contributed by atoms with Gasteiger partial charge in [-0.2, -0.15) is 0 Å². The SMILES string of the molecule is C[C@@H]1NCC(C)(C)S1. The molecule has 0 aromatic heterocycles. The summed E-state index contributed by atoms with van der Waals surface area (Å²) in [6.07, 6.45) is 0. The van der Waals surface area contributed by atoms with E-state index in [1.807, 2.05) is 11.8 Å². The molecule has 1 heterocycles. The Morgan fingerprint density at radius 3 is 2.38 bits per heavy atom. The van der Waals surface area contributed by atoms with Crippen molar-refractivity contribution in [2.24, 2.45) is 0 Å². The molecule has 0 saturated carbocycles. The molecular formula is C6H13NS. The molecule has 0 spiro atoms. The molecular weight excluding hydrogens is 118 g/mol. The van der Waals surface area contributed by atoms with E-state index >= 15 is 0 Å². The highest BCUT2D eigenvalue weighted by molar-refractivity contribution is 8.01. The Labute approximate surface area is 55.2 Å². The van der Waals surface area contributed by atoms with Crippen LogP contribution in [0.3, 0.4) is 0 Å². The van der Waals surface area contributed by atoms with Crippen LogP contribution in [0.5, 0.6) is 0 Å². The molecule has 8 heavy (non-hydrogen) atoms. The molecule has 0 unspecified atom stereocenters. The quantitative estimate of drug-likeness (QED) is 0.534. The topological polar surface area (TPSA) is 12.0 Å². The fourth-order valence-electron chi connectivity index (χ4n) is 0.951. The molecule has 0 bridgehead atoms. The second kappa shape index (κ2) is 1.92. The minimum absolute atomic E-state index is 0.472. The lowest BCUT2D eigenvalue weighted by Gasteiger charge is -2.12. The van der Waals surface area contributed by atoms with Crippen LogP contribution in [0, 0.1) is 0 Å². The van der Waals surface area contributed by atoms with Crippen LogP contribution in [0.15, 0.2) is 0 Å². The van der Waals surface area contributed by atoms with Gasteiger partial charge < -0.3 is 5.32 Å². The van der Waals surface area contributed by atoms with E-state index in [0.29, 0.717) is 10.1 Å². The minimum Gasteiger partial charge on any atom is -0.304 e. The van der Waals surface area contributed by atoms with Crippen LogP contribution in [0.1, 0.15) is 20.8 Å². The Hall–Kier alpha value is 0.310. The summed E-state index contributed by atoms with van der Waals surface area (Å²) >= 11 is 2.01. The maximum absolute atomic E-state index is 3.37. The van der Waals surface area contributed by atoms with E-state index in [4.69, 9.17) is 0 Å². The fraction of sp³-hybridized carbons (Fsp3) is 1.00. The van der Waals surface area contributed by atoms with Gasteiger partial charge in [-0.1, -0.05) is 0 Å². The van der Waals surface area contributed by atoms with Gasteiger partial charge in [0.1, 0.15) is 0 Å². The Kier molecular flexibility index (Phi) is 1.54. The Bertz CT molecular complexity index is 90.5. The van der Waals surface area contributed by atoms with Crippen molar-refractivity contribution in [3.63, 3.8) is 0 Å². The van der Waals surface area contributed by atoms with Crippen molar-refractivity contribution in [1.82, 2.24) is 5.32 Å². The largest absolute Gasteiger partial charge is 0.304 e. The van der Waals surface area contributed by atoms with Crippen molar-refractivity contribution in [3.8, 4) is 0 Å². The monoisotopic (exact) mass is 131 g/mol. The van der Waals surface area contributed by atoms with Crippen molar-refractivity contribution in [2.75, 3.05) is 6.54 Å². The minimum atomic E-state index is 0.472. The summed E-state index contributed by atoms with van der Waals surface area (Å²) in [6, 6.07) is 0. The summed E-state index contributed by atoms with van der Waals surface area (Å²) in [5.74, 6) is 0. The molecule has 48 valence electrons. The van der Waals surface area contributed by atoms with Crippen LogP contribution >= 0.6 is 11.8 Å². The summed E-state index contributed by atoms with van der Waals surface area (Å²) in [5, 5.41) is 4.03. The molecule has 0 aromatic carbocycles. The molecule has 0 amide bonds. The van der Waals surface area contributed by atoms with Gasteiger partial charge >= 0.3 is 0 Å². The predicted octanol–water partition coefficient (Wildman–Crippen LogP) is 1.45. The zero-order valence-corrected chi connectivity index (χ0v) is 6.51. The van der Waals surface area contributed by atoms with Gasteiger partial charge in [0, 0.05) is 11.3 Å². The van der Waals surface area contributed by atoms with E-state index < -0.39 is 0 Å². The van der Waals surface area contributed by atoms with E-state index in [1.54, 1.807) is 0 Å². The van der Waals surface area contributed by atoms with E-state index in [9.17, 15) is 0 Å². The van der Waals surface area contributed by atoms with E-state index in [0.717, 1.165) is 6.54 Å². The van der Waals surface area contributed by atoms with Crippen molar-refractivity contribution >= 4 is 11.8 Å². The number of hydrogen-bond acceptors (Lipinski definition) is 2. The zero-order valence-electron chi connectivity index (χ0n) is 5.69. The first-order chi connectivity index (χ1) is 3.60. The van der Waals surface area contributed by atoms with Gasteiger partial charge in [0.15, 0.2) is 0 Å². The summed E-state index contributed by atoms with van der Waals surface area (Å²) in [5.41, 5.74) is 0. The third-order valence-corrected chi connectivity index (χ3v) is 2.61. The van der Waals surface area contributed by atoms with Gasteiger partial charge in [-0.05, 0) is 20.8 Å². The van der Waals surface area contributed by atoms with Gasteiger partial charge in [-0.3, -0.25) is 0 Å². The Morgan fingerprint density at radius 1 is 1.62 bits per heavy atom. The molecule has 1 atom stereocenters. The van der Waals surface area contributed by atoms with Crippen LogP contribution in [-0.4, -0.2) is 16.7 Å². The maximum atomic E-state index is 3.37. The lowest BCUT2D eigenvalue weighted by Crippen LogP contribution is -2.22. The lowest BCUT2D eigenvalue weighted by molar-refractivity contribution is 0.639. The fourth-order valence-corrected chi connectivity index (χ4v) is 2.24. The Morgan fingerprint density at radius 2 is 2.25 bits per heavy atom. The summed E-state index contributed by atoms with van der Waals surface area (Å²) in [6.45, 7) is 7.90. The van der Waals surface area contributed by atoms with Crippen molar-refractivity contribution < 1.29 is 0 Å². The van der Waals surface area contributed by atoms with Crippen molar-refractivity contribution in [2.45, 2.75) is 30.9 Å². The third-order valence-electron chi connectivity index (χ3n) is 1.31. The van der Waals surface area contributed by atoms with Crippen LogP contribution in [-0.2, 0) is 0 Å². The number of nitrogens with one attached hydrogen (secondary N) is 1. The van der Waals surface area contributed by atoms with Crippen LogP contribution in [0.4, 0.5) is 0 Å². The third kappa shape index (κ3) is 1.39. The predicted molar refractivity (Wildman–Crippen MR) is 39.1 cm³/mol. The van der Waals surface area contributed by atoms with Crippen LogP contribution in [0.2, 0.25) is 0 Å². The van der Waals surface area contributed by atoms with Gasteiger partial charge in [0.25, 0.3) is 0 Å². The molecule has 1 fully saturated rings. The molecule has 1 aliphatic heterocycles. The highest BCUT2D eigenvalue weighted by Crippen LogP contribution is 2.31. The molecule has 1 aliphatic rings. The highest BCUT2D eigenvalue weighted by atomic mass is 32.2. The van der Waals surface area contributed by atoms with Gasteiger partial charge in [-0.15, -0.1) is 11.8 Å². The molecule has 2 heteroatoms. The molecule has 1 rings (SSSR count). The maximum Gasteiger partial charge on any atom is 0.0509 e. The average molecular weight is 131 g/mol. The Balaban J connectivity index is 2.44. The summed E-state index contributed by atoms with van der Waals surface area (Å²) < 4.78 is 0.472. The van der Waals surface area contributed by atoms with Crippen LogP contribution in [0.25, 0.3) is 0 Å². The normalized spacial score (nSPS) is 35.6. The average Bonchev–Trinajstić information content (AvgIpc) is 1.82. The summed E-state index contributed by atoms with van der Waals surface area (Å²) in [4.78, 5) is 0. The molecule has 1 saturated heterocycles. The number of hydrogen-bond donors (Lipinski definition) is 1. The van der Waals surface area contributed by atoms with Gasteiger partial charge in [0.2, 0.25) is 0 Å². The molecule has 1 N–H and O–H groups in total. The zero-order chi connectivity index (χ0) is 6.20. The highest BCUT2D eigenvalue weighted by Gasteiger charge is 2.27.